The maximum atomic E-state index is 14.1. The van der Waals surface area contributed by atoms with Crippen LogP contribution in [-0.4, -0.2) is 65.5 Å². The summed E-state index contributed by atoms with van der Waals surface area (Å²) in [4.78, 5) is 16.0. The molecule has 9 nitrogen and oxygen atoms in total. The minimum Gasteiger partial charge on any atom is -0.497 e. The van der Waals surface area contributed by atoms with Gasteiger partial charge in [0, 0.05) is 6.54 Å². The number of methoxy groups -OCH3 is 5. The third kappa shape index (κ3) is 5.62. The molecule has 1 aliphatic heterocycles. The lowest BCUT2D eigenvalue weighted by Crippen LogP contribution is -2.48. The number of carbonyl (C=O) groups is 1. The van der Waals surface area contributed by atoms with E-state index < -0.39 is 12.1 Å². The van der Waals surface area contributed by atoms with Gasteiger partial charge in [0.05, 0.1) is 47.6 Å². The molecule has 5 rings (SSSR count). The van der Waals surface area contributed by atoms with Crippen molar-refractivity contribution in [3.63, 3.8) is 0 Å². The van der Waals surface area contributed by atoms with Gasteiger partial charge in [-0.25, -0.2) is 0 Å². The fourth-order valence-electron chi connectivity index (χ4n) is 6.20. The number of fused-ring (bicyclic) bond motifs is 4. The molecule has 0 radical (unpaired) electrons. The van der Waals surface area contributed by atoms with Crippen LogP contribution in [-0.2, 0) is 11.2 Å². The van der Waals surface area contributed by atoms with Crippen molar-refractivity contribution >= 4 is 27.5 Å². The zero-order valence-corrected chi connectivity index (χ0v) is 25.6. The van der Waals surface area contributed by atoms with E-state index in [0.29, 0.717) is 48.9 Å². The summed E-state index contributed by atoms with van der Waals surface area (Å²) >= 11 is 0. The van der Waals surface area contributed by atoms with Crippen molar-refractivity contribution in [1.82, 2.24) is 4.90 Å². The number of carbonyl (C=O) groups excluding carboxylic acids is 1. The highest BCUT2D eigenvalue weighted by Crippen LogP contribution is 2.46. The van der Waals surface area contributed by atoms with E-state index in [1.165, 1.54) is 0 Å². The number of rotatable bonds is 11. The topological polar surface area (TPSA) is 118 Å². The van der Waals surface area contributed by atoms with Crippen molar-refractivity contribution in [2.75, 3.05) is 48.6 Å². The summed E-state index contributed by atoms with van der Waals surface area (Å²) in [5.41, 5.74) is 15.3. The van der Waals surface area contributed by atoms with E-state index in [-0.39, 0.29) is 5.91 Å². The number of nitrogens with two attached hydrogens (primary N) is 2. The summed E-state index contributed by atoms with van der Waals surface area (Å²) in [7, 11) is 8.15. The monoisotopic (exact) mass is 587 g/mol. The van der Waals surface area contributed by atoms with Crippen LogP contribution in [0.3, 0.4) is 0 Å². The van der Waals surface area contributed by atoms with E-state index in [2.05, 4.69) is 6.07 Å². The molecule has 1 aliphatic rings. The lowest BCUT2D eigenvalue weighted by Gasteiger charge is -2.40. The standard InChI is InChI=1S/C34H41N3O6/c1-39-22-10-9-20-14-27(26-19-32(43-5)31(42-4)18-25(26)23(20)16-22)33-24-17-30(41-3)29(40-2)15-21(24)11-13-37(33)34(38)28(36)8-6-7-12-35/h9-10,14-19,28,33H,6-8,11-13,35-36H2,1-5H3/t28-,33?/m1/s1. The first-order valence-electron chi connectivity index (χ1n) is 14.6. The molecule has 1 amide bonds. The van der Waals surface area contributed by atoms with Crippen molar-refractivity contribution in [3.05, 3.63) is 65.2 Å². The Morgan fingerprint density at radius 1 is 0.791 bits per heavy atom. The van der Waals surface area contributed by atoms with Gasteiger partial charge in [0.15, 0.2) is 23.0 Å². The van der Waals surface area contributed by atoms with E-state index in [0.717, 1.165) is 56.8 Å². The summed E-state index contributed by atoms with van der Waals surface area (Å²) in [6, 6.07) is 15.1. The molecule has 0 aliphatic carbocycles. The van der Waals surface area contributed by atoms with Gasteiger partial charge in [-0.3, -0.25) is 4.79 Å². The summed E-state index contributed by atoms with van der Waals surface area (Å²) in [6.07, 6.45) is 2.85. The average molecular weight is 588 g/mol. The van der Waals surface area contributed by atoms with Gasteiger partial charge in [0.25, 0.3) is 0 Å². The first-order valence-corrected chi connectivity index (χ1v) is 14.6. The van der Waals surface area contributed by atoms with Gasteiger partial charge in [-0.15, -0.1) is 0 Å². The molecule has 4 aromatic carbocycles. The van der Waals surface area contributed by atoms with Gasteiger partial charge in [-0.2, -0.15) is 0 Å². The smallest absolute Gasteiger partial charge is 0.240 e. The highest BCUT2D eigenvalue weighted by Gasteiger charge is 2.36. The summed E-state index contributed by atoms with van der Waals surface area (Å²) in [5.74, 6) is 3.11. The van der Waals surface area contributed by atoms with E-state index in [1.807, 2.05) is 47.4 Å². The minimum atomic E-state index is -0.638. The third-order valence-corrected chi connectivity index (χ3v) is 8.43. The van der Waals surface area contributed by atoms with E-state index >= 15 is 0 Å². The van der Waals surface area contributed by atoms with Gasteiger partial charge >= 0.3 is 0 Å². The van der Waals surface area contributed by atoms with Crippen LogP contribution in [0.2, 0.25) is 0 Å². The zero-order chi connectivity index (χ0) is 30.7. The molecule has 0 bridgehead atoms. The fourth-order valence-corrected chi connectivity index (χ4v) is 6.20. The molecule has 4 aromatic rings. The van der Waals surface area contributed by atoms with Crippen LogP contribution < -0.4 is 35.2 Å². The second kappa shape index (κ2) is 13.0. The van der Waals surface area contributed by atoms with Crippen molar-refractivity contribution in [1.29, 1.82) is 0 Å². The van der Waals surface area contributed by atoms with Gasteiger partial charge in [0.1, 0.15) is 5.75 Å². The maximum Gasteiger partial charge on any atom is 0.240 e. The van der Waals surface area contributed by atoms with Gasteiger partial charge < -0.3 is 40.1 Å². The van der Waals surface area contributed by atoms with Gasteiger partial charge in [-0.1, -0.05) is 12.5 Å². The predicted molar refractivity (Wildman–Crippen MR) is 169 cm³/mol. The lowest BCUT2D eigenvalue weighted by molar-refractivity contribution is -0.134. The minimum absolute atomic E-state index is 0.0917. The van der Waals surface area contributed by atoms with Crippen LogP contribution >= 0.6 is 0 Å². The number of hydrogen-bond acceptors (Lipinski definition) is 8. The summed E-state index contributed by atoms with van der Waals surface area (Å²) in [5, 5.41) is 3.89. The Bertz CT molecular complexity index is 1640. The predicted octanol–water partition coefficient (Wildman–Crippen LogP) is 4.97. The number of hydrogen-bond donors (Lipinski definition) is 2. The molecule has 1 unspecified atom stereocenters. The van der Waals surface area contributed by atoms with Crippen LogP contribution in [0.5, 0.6) is 28.7 Å². The van der Waals surface area contributed by atoms with Crippen LogP contribution in [0.25, 0.3) is 21.5 Å². The quantitative estimate of drug-likeness (QED) is 0.187. The first kappa shape index (κ1) is 30.3. The number of ether oxygens (including phenoxy) is 5. The Kier molecular flexibility index (Phi) is 9.13. The number of amides is 1. The Morgan fingerprint density at radius 2 is 1.44 bits per heavy atom. The first-order chi connectivity index (χ1) is 20.9. The summed E-state index contributed by atoms with van der Waals surface area (Å²) < 4.78 is 28.4. The van der Waals surface area contributed by atoms with Crippen molar-refractivity contribution in [2.24, 2.45) is 11.5 Å². The molecule has 43 heavy (non-hydrogen) atoms. The van der Waals surface area contributed by atoms with Crippen molar-refractivity contribution in [2.45, 2.75) is 37.8 Å². The molecule has 2 atom stereocenters. The fraction of sp³-hybridized carbons (Fsp3) is 0.382. The Labute approximate surface area is 252 Å². The van der Waals surface area contributed by atoms with E-state index in [9.17, 15) is 4.79 Å². The molecule has 0 fully saturated rings. The zero-order valence-electron chi connectivity index (χ0n) is 25.6. The molecule has 0 saturated carbocycles. The molecular weight excluding hydrogens is 546 g/mol. The van der Waals surface area contributed by atoms with Gasteiger partial charge in [-0.05, 0) is 107 Å². The average Bonchev–Trinajstić information content (AvgIpc) is 3.05. The maximum absolute atomic E-state index is 14.1. The second-order valence-electron chi connectivity index (χ2n) is 10.8. The molecule has 9 heteroatoms. The Morgan fingerprint density at radius 3 is 2.09 bits per heavy atom. The van der Waals surface area contributed by atoms with E-state index in [1.54, 1.807) is 35.5 Å². The lowest BCUT2D eigenvalue weighted by atomic mass is 9.83. The molecule has 228 valence electrons. The van der Waals surface area contributed by atoms with E-state index in [4.69, 9.17) is 35.2 Å². The van der Waals surface area contributed by atoms with Crippen LogP contribution in [0, 0.1) is 0 Å². The third-order valence-electron chi connectivity index (χ3n) is 8.43. The van der Waals surface area contributed by atoms with Crippen LogP contribution in [0.1, 0.15) is 42.0 Å². The number of nitrogens with zero attached hydrogens (tertiary/aromatic N) is 1. The van der Waals surface area contributed by atoms with Gasteiger partial charge in [0.2, 0.25) is 5.91 Å². The highest BCUT2D eigenvalue weighted by atomic mass is 16.5. The van der Waals surface area contributed by atoms with Crippen LogP contribution in [0.4, 0.5) is 0 Å². The normalized spacial score (nSPS) is 15.2. The number of unbranched alkanes of at least 4 members (excludes halogenated alkanes) is 1. The Hall–Kier alpha value is -4.21. The summed E-state index contributed by atoms with van der Waals surface area (Å²) in [6.45, 7) is 1.08. The second-order valence-corrected chi connectivity index (χ2v) is 10.8. The molecule has 4 N–H and O–H groups in total. The number of benzene rings is 4. The van der Waals surface area contributed by atoms with Crippen molar-refractivity contribution < 1.29 is 28.5 Å². The Balaban J connectivity index is 1.81. The largest absolute Gasteiger partial charge is 0.497 e. The molecule has 0 spiro atoms. The SMILES string of the molecule is COc1ccc2cc(C3c4cc(OC)c(OC)cc4CCN3C(=O)[C@H](N)CCCCN)c3cc(OC)c(OC)cc3c2c1. The molecule has 0 aromatic heterocycles. The highest BCUT2D eigenvalue weighted by molar-refractivity contribution is 6.11. The van der Waals surface area contributed by atoms with Crippen LogP contribution in [0.15, 0.2) is 48.5 Å². The molecule has 0 saturated heterocycles. The molecular formula is C34H41N3O6. The molecule has 1 heterocycles. The van der Waals surface area contributed by atoms with Crippen molar-refractivity contribution in [3.8, 4) is 28.7 Å².